The van der Waals surface area contributed by atoms with Crippen molar-refractivity contribution in [1.29, 1.82) is 0 Å². The third kappa shape index (κ3) is 3.89. The van der Waals surface area contributed by atoms with Gasteiger partial charge >= 0.3 is 0 Å². The zero-order valence-electron chi connectivity index (χ0n) is 13.6. The van der Waals surface area contributed by atoms with Crippen LogP contribution in [0.3, 0.4) is 0 Å². The Hall–Kier alpha value is -2.65. The van der Waals surface area contributed by atoms with Crippen LogP contribution >= 0.6 is 11.3 Å². The summed E-state index contributed by atoms with van der Waals surface area (Å²) in [6.45, 7) is 1.41. The molecule has 0 aliphatic rings. The molecule has 130 valence electrons. The molecule has 0 spiro atoms. The van der Waals surface area contributed by atoms with E-state index in [9.17, 15) is 13.2 Å². The summed E-state index contributed by atoms with van der Waals surface area (Å²) in [7, 11) is -2.12. The van der Waals surface area contributed by atoms with Gasteiger partial charge in [0.25, 0.3) is 10.0 Å². The van der Waals surface area contributed by atoms with Gasteiger partial charge in [-0.15, -0.1) is 11.3 Å². The van der Waals surface area contributed by atoms with Crippen LogP contribution in [0.15, 0.2) is 52.9 Å². The molecule has 2 N–H and O–H groups in total. The number of aryl methyl sites for hydroxylation is 1. The Balaban J connectivity index is 1.89. The number of benzene rings is 1. The maximum absolute atomic E-state index is 12.8. The minimum atomic E-state index is -3.80. The lowest BCUT2D eigenvalue weighted by Gasteiger charge is -2.09. The molecule has 0 aliphatic heterocycles. The molecule has 3 rings (SSSR count). The van der Waals surface area contributed by atoms with Crippen LogP contribution in [0.1, 0.15) is 6.92 Å². The van der Waals surface area contributed by atoms with Crippen molar-refractivity contribution < 1.29 is 13.2 Å². The number of hydrogen-bond acceptors (Lipinski definition) is 5. The number of nitrogens with zero attached hydrogens (tertiary/aromatic N) is 2. The van der Waals surface area contributed by atoms with E-state index < -0.39 is 10.0 Å². The summed E-state index contributed by atoms with van der Waals surface area (Å²) in [4.78, 5) is 11.9. The highest BCUT2D eigenvalue weighted by atomic mass is 32.2. The minimum absolute atomic E-state index is 0.114. The van der Waals surface area contributed by atoms with Crippen LogP contribution in [0.4, 0.5) is 11.4 Å². The van der Waals surface area contributed by atoms with Gasteiger partial charge in [0.2, 0.25) is 5.91 Å². The van der Waals surface area contributed by atoms with Gasteiger partial charge in [0.1, 0.15) is 10.6 Å². The first-order valence-corrected chi connectivity index (χ1v) is 9.69. The fourth-order valence-electron chi connectivity index (χ4n) is 2.28. The van der Waals surface area contributed by atoms with Crippen LogP contribution in [0.5, 0.6) is 0 Å². The van der Waals surface area contributed by atoms with Crippen molar-refractivity contribution in [3.8, 4) is 10.6 Å². The Morgan fingerprint density at radius 3 is 2.44 bits per heavy atom. The van der Waals surface area contributed by atoms with Gasteiger partial charge in [0.05, 0.1) is 4.88 Å². The molecular formula is C16H16N4O3S2. The first kappa shape index (κ1) is 17.2. The highest BCUT2D eigenvalue weighted by Crippen LogP contribution is 2.30. The molecule has 0 atom stereocenters. The van der Waals surface area contributed by atoms with Gasteiger partial charge in [0, 0.05) is 31.5 Å². The van der Waals surface area contributed by atoms with Crippen molar-refractivity contribution in [3.63, 3.8) is 0 Å². The number of nitrogens with one attached hydrogen (secondary N) is 2. The molecule has 0 saturated heterocycles. The topological polar surface area (TPSA) is 93.1 Å². The summed E-state index contributed by atoms with van der Waals surface area (Å²) in [5.74, 6) is -0.190. The quantitative estimate of drug-likeness (QED) is 0.716. The Bertz CT molecular complexity index is 991. The van der Waals surface area contributed by atoms with E-state index in [2.05, 4.69) is 15.1 Å². The van der Waals surface area contributed by atoms with Gasteiger partial charge in [-0.2, -0.15) is 5.10 Å². The Morgan fingerprint density at radius 2 is 1.84 bits per heavy atom. The molecule has 0 unspecified atom stereocenters. The van der Waals surface area contributed by atoms with Gasteiger partial charge in [-0.25, -0.2) is 8.42 Å². The van der Waals surface area contributed by atoms with E-state index in [4.69, 9.17) is 0 Å². The zero-order valence-corrected chi connectivity index (χ0v) is 15.2. The summed E-state index contributed by atoms with van der Waals surface area (Å²) < 4.78 is 29.5. The Morgan fingerprint density at radius 1 is 1.16 bits per heavy atom. The standard InChI is InChI=1S/C16H16N4O3S2/c1-11(21)17-12-5-7-13(8-6-12)19-25(22,23)15-10-20(2)18-16(15)14-4-3-9-24-14/h3-10,19H,1-2H3,(H,17,21). The molecule has 0 bridgehead atoms. The lowest BCUT2D eigenvalue weighted by atomic mass is 10.3. The molecule has 9 heteroatoms. The summed E-state index contributed by atoms with van der Waals surface area (Å²) >= 11 is 1.43. The largest absolute Gasteiger partial charge is 0.326 e. The molecule has 0 fully saturated rings. The number of carbonyl (C=O) groups is 1. The molecule has 1 aromatic carbocycles. The van der Waals surface area contributed by atoms with E-state index in [-0.39, 0.29) is 10.8 Å². The molecule has 0 aliphatic carbocycles. The number of hydrogen-bond donors (Lipinski definition) is 2. The van der Waals surface area contributed by atoms with Gasteiger partial charge in [0.15, 0.2) is 0 Å². The normalized spacial score (nSPS) is 11.3. The van der Waals surface area contributed by atoms with Crippen LogP contribution in [-0.2, 0) is 21.9 Å². The number of aromatic nitrogens is 2. The fourth-order valence-corrected chi connectivity index (χ4v) is 4.32. The highest BCUT2D eigenvalue weighted by molar-refractivity contribution is 7.92. The molecule has 0 radical (unpaired) electrons. The maximum Gasteiger partial charge on any atom is 0.265 e. The lowest BCUT2D eigenvalue weighted by Crippen LogP contribution is -2.13. The van der Waals surface area contributed by atoms with E-state index in [0.717, 1.165) is 4.88 Å². The fraction of sp³-hybridized carbons (Fsp3) is 0.125. The monoisotopic (exact) mass is 376 g/mol. The molecule has 0 saturated carbocycles. The van der Waals surface area contributed by atoms with E-state index in [1.54, 1.807) is 31.3 Å². The molecule has 2 heterocycles. The van der Waals surface area contributed by atoms with E-state index in [1.165, 1.54) is 29.1 Å². The van der Waals surface area contributed by atoms with Crippen molar-refractivity contribution in [2.24, 2.45) is 7.05 Å². The predicted octanol–water partition coefficient (Wildman–Crippen LogP) is 2.91. The smallest absolute Gasteiger partial charge is 0.265 e. The third-order valence-corrected chi connectivity index (χ3v) is 5.56. The molecule has 7 nitrogen and oxygen atoms in total. The minimum Gasteiger partial charge on any atom is -0.326 e. The van der Waals surface area contributed by atoms with Gasteiger partial charge in [-0.3, -0.25) is 14.2 Å². The lowest BCUT2D eigenvalue weighted by molar-refractivity contribution is -0.114. The van der Waals surface area contributed by atoms with Crippen molar-refractivity contribution in [2.75, 3.05) is 10.0 Å². The van der Waals surface area contributed by atoms with Crippen molar-refractivity contribution in [3.05, 3.63) is 48.0 Å². The van der Waals surface area contributed by atoms with E-state index >= 15 is 0 Å². The van der Waals surface area contributed by atoms with Crippen LogP contribution in [0.25, 0.3) is 10.6 Å². The molecular weight excluding hydrogens is 360 g/mol. The van der Waals surface area contributed by atoms with Crippen LogP contribution in [-0.4, -0.2) is 24.1 Å². The Labute approximate surface area is 149 Å². The summed E-state index contributed by atoms with van der Waals surface area (Å²) in [5.41, 5.74) is 1.41. The SMILES string of the molecule is CC(=O)Nc1ccc(NS(=O)(=O)c2cn(C)nc2-c2cccs2)cc1. The second-order valence-corrected chi connectivity index (χ2v) is 7.96. The second kappa shape index (κ2) is 6.69. The predicted molar refractivity (Wildman–Crippen MR) is 98.1 cm³/mol. The number of amides is 1. The molecule has 25 heavy (non-hydrogen) atoms. The van der Waals surface area contributed by atoms with Crippen molar-refractivity contribution in [1.82, 2.24) is 9.78 Å². The van der Waals surface area contributed by atoms with Crippen LogP contribution in [0.2, 0.25) is 0 Å². The number of anilines is 2. The molecule has 1 amide bonds. The summed E-state index contributed by atoms with van der Waals surface area (Å²) in [5, 5.41) is 8.77. The number of carbonyl (C=O) groups excluding carboxylic acids is 1. The van der Waals surface area contributed by atoms with Gasteiger partial charge < -0.3 is 5.32 Å². The first-order chi connectivity index (χ1) is 11.8. The number of thiophene rings is 1. The molecule has 3 aromatic rings. The maximum atomic E-state index is 12.8. The van der Waals surface area contributed by atoms with Crippen LogP contribution in [0, 0.1) is 0 Å². The zero-order chi connectivity index (χ0) is 18.0. The third-order valence-electron chi connectivity index (χ3n) is 3.30. The van der Waals surface area contributed by atoms with Crippen molar-refractivity contribution in [2.45, 2.75) is 11.8 Å². The average molecular weight is 376 g/mol. The summed E-state index contributed by atoms with van der Waals surface area (Å²) in [6.07, 6.45) is 1.48. The van der Waals surface area contributed by atoms with E-state index in [0.29, 0.717) is 17.1 Å². The van der Waals surface area contributed by atoms with Crippen LogP contribution < -0.4 is 10.0 Å². The Kier molecular flexibility index (Phi) is 4.60. The number of rotatable bonds is 5. The van der Waals surface area contributed by atoms with Crippen molar-refractivity contribution >= 4 is 38.6 Å². The number of sulfonamides is 1. The van der Waals surface area contributed by atoms with Gasteiger partial charge in [-0.05, 0) is 35.7 Å². The highest BCUT2D eigenvalue weighted by Gasteiger charge is 2.23. The average Bonchev–Trinajstić information content (AvgIpc) is 3.17. The second-order valence-electron chi connectivity index (χ2n) is 5.36. The van der Waals surface area contributed by atoms with E-state index in [1.807, 2.05) is 17.5 Å². The van der Waals surface area contributed by atoms with Gasteiger partial charge in [-0.1, -0.05) is 6.07 Å². The first-order valence-electron chi connectivity index (χ1n) is 7.33. The molecule has 2 aromatic heterocycles. The summed E-state index contributed by atoms with van der Waals surface area (Å²) in [6, 6.07) is 10.1.